The molecule has 2 aromatic carbocycles. The molecule has 0 spiro atoms. The summed E-state index contributed by atoms with van der Waals surface area (Å²) in [7, 11) is 0. The lowest BCUT2D eigenvalue weighted by molar-refractivity contribution is 0.578. The predicted octanol–water partition coefficient (Wildman–Crippen LogP) is 5.45. The number of benzene rings is 2. The maximum Gasteiger partial charge on any atom is 0.0444 e. The second-order valence-corrected chi connectivity index (χ2v) is 6.57. The van der Waals surface area contributed by atoms with Gasteiger partial charge in [-0.15, -0.1) is 0 Å². The van der Waals surface area contributed by atoms with Crippen molar-refractivity contribution in [1.82, 2.24) is 0 Å². The molecule has 0 radical (unpaired) electrons. The van der Waals surface area contributed by atoms with Crippen molar-refractivity contribution < 1.29 is 0 Å². The van der Waals surface area contributed by atoms with Gasteiger partial charge in [-0.2, -0.15) is 0 Å². The number of hydrogen-bond acceptors (Lipinski definition) is 3. The number of anilines is 2. The van der Waals surface area contributed by atoms with Crippen LogP contribution >= 0.6 is 23.5 Å². The molecule has 1 fully saturated rings. The number of nitrogens with zero attached hydrogens (tertiary/aromatic N) is 1. The van der Waals surface area contributed by atoms with E-state index in [2.05, 4.69) is 33.9 Å². The number of halogens is 1. The highest BCUT2D eigenvalue weighted by Crippen LogP contribution is 2.25. The minimum atomic E-state index is 0.769. The van der Waals surface area contributed by atoms with Gasteiger partial charge in [0, 0.05) is 34.4 Å². The fraction of sp³-hybridized carbons (Fsp3) is 0.294. The summed E-state index contributed by atoms with van der Waals surface area (Å²) < 4.78 is 3.37. The van der Waals surface area contributed by atoms with Crippen LogP contribution in [0, 0.1) is 0 Å². The lowest BCUT2D eigenvalue weighted by Crippen LogP contribution is -2.29. The minimum Gasteiger partial charge on any atom is -0.372 e. The zero-order valence-corrected chi connectivity index (χ0v) is 13.5. The van der Waals surface area contributed by atoms with Crippen LogP contribution in [0.3, 0.4) is 0 Å². The second kappa shape index (κ2) is 7.10. The Morgan fingerprint density at radius 3 is 2.19 bits per heavy atom. The molecular formula is C17H19ClN2S. The molecule has 1 saturated heterocycles. The number of nitrogens with one attached hydrogen (secondary N) is 1. The molecule has 0 amide bonds. The van der Waals surface area contributed by atoms with Gasteiger partial charge >= 0.3 is 0 Å². The summed E-state index contributed by atoms with van der Waals surface area (Å²) in [4.78, 5) is 3.62. The topological polar surface area (TPSA) is 15.3 Å². The predicted molar refractivity (Wildman–Crippen MR) is 93.4 cm³/mol. The van der Waals surface area contributed by atoms with Crippen molar-refractivity contribution in [1.29, 1.82) is 0 Å². The average molecular weight is 319 g/mol. The van der Waals surface area contributed by atoms with Crippen LogP contribution in [-0.4, -0.2) is 13.1 Å². The van der Waals surface area contributed by atoms with E-state index in [-0.39, 0.29) is 0 Å². The normalized spacial score (nSPS) is 15.0. The Morgan fingerprint density at radius 1 is 0.857 bits per heavy atom. The van der Waals surface area contributed by atoms with E-state index in [4.69, 9.17) is 11.6 Å². The number of piperidine rings is 1. The molecule has 1 heterocycles. The standard InChI is InChI=1S/C17H19ClN2S/c18-14-4-10-17(11-5-14)21-19-15-6-8-16(9-7-15)20-12-2-1-3-13-20/h4-11,19H,1-3,12-13H2. The Balaban J connectivity index is 1.57. The molecular weight excluding hydrogens is 300 g/mol. The molecule has 4 heteroatoms. The van der Waals surface area contributed by atoms with Gasteiger partial charge < -0.3 is 9.62 Å². The number of hydrogen-bond donors (Lipinski definition) is 1. The highest BCUT2D eigenvalue weighted by atomic mass is 35.5. The summed E-state index contributed by atoms with van der Waals surface area (Å²) in [5, 5.41) is 0.769. The van der Waals surface area contributed by atoms with E-state index in [1.165, 1.54) is 38.0 Å². The van der Waals surface area contributed by atoms with Crippen LogP contribution in [-0.2, 0) is 0 Å². The lowest BCUT2D eigenvalue weighted by atomic mass is 10.1. The maximum absolute atomic E-state index is 5.89. The Bertz CT molecular complexity index is 562. The Kier molecular flexibility index (Phi) is 4.94. The molecule has 1 aliphatic rings. The van der Waals surface area contributed by atoms with Crippen molar-refractivity contribution in [3.8, 4) is 0 Å². The van der Waals surface area contributed by atoms with E-state index < -0.39 is 0 Å². The quantitative estimate of drug-likeness (QED) is 0.755. The summed E-state index contributed by atoms with van der Waals surface area (Å²) in [6, 6.07) is 16.5. The molecule has 1 N–H and O–H groups in total. The Labute approximate surface area is 135 Å². The average Bonchev–Trinajstić information content (AvgIpc) is 2.56. The second-order valence-electron chi connectivity index (χ2n) is 5.25. The zero-order chi connectivity index (χ0) is 14.5. The van der Waals surface area contributed by atoms with Crippen molar-refractivity contribution in [2.75, 3.05) is 22.7 Å². The van der Waals surface area contributed by atoms with Crippen molar-refractivity contribution in [2.24, 2.45) is 0 Å². The van der Waals surface area contributed by atoms with Gasteiger partial charge in [0.1, 0.15) is 0 Å². The van der Waals surface area contributed by atoms with Gasteiger partial charge in [-0.3, -0.25) is 0 Å². The molecule has 110 valence electrons. The maximum atomic E-state index is 5.89. The smallest absolute Gasteiger partial charge is 0.0444 e. The molecule has 0 aliphatic carbocycles. The van der Waals surface area contributed by atoms with Crippen LogP contribution in [0.5, 0.6) is 0 Å². The fourth-order valence-electron chi connectivity index (χ4n) is 2.51. The summed E-state index contributed by atoms with van der Waals surface area (Å²) in [5.41, 5.74) is 2.45. The molecule has 0 aromatic heterocycles. The van der Waals surface area contributed by atoms with E-state index in [1.807, 2.05) is 24.3 Å². The van der Waals surface area contributed by atoms with Crippen LogP contribution in [0.2, 0.25) is 5.02 Å². The molecule has 0 bridgehead atoms. The summed E-state index contributed by atoms with van der Waals surface area (Å²) in [6.45, 7) is 2.37. The van der Waals surface area contributed by atoms with Crippen LogP contribution in [0.1, 0.15) is 19.3 Å². The first-order valence-corrected chi connectivity index (χ1v) is 8.54. The lowest BCUT2D eigenvalue weighted by Gasteiger charge is -2.28. The summed E-state index contributed by atoms with van der Waals surface area (Å²) >= 11 is 7.49. The highest BCUT2D eigenvalue weighted by molar-refractivity contribution is 8.00. The Morgan fingerprint density at radius 2 is 1.52 bits per heavy atom. The molecule has 0 atom stereocenters. The van der Waals surface area contributed by atoms with Gasteiger partial charge in [0.25, 0.3) is 0 Å². The fourth-order valence-corrected chi connectivity index (χ4v) is 3.28. The van der Waals surface area contributed by atoms with Crippen LogP contribution < -0.4 is 9.62 Å². The van der Waals surface area contributed by atoms with E-state index in [9.17, 15) is 0 Å². The summed E-state index contributed by atoms with van der Waals surface area (Å²) in [6.07, 6.45) is 3.99. The molecule has 21 heavy (non-hydrogen) atoms. The van der Waals surface area contributed by atoms with Crippen molar-refractivity contribution in [3.05, 3.63) is 53.6 Å². The zero-order valence-electron chi connectivity index (χ0n) is 11.9. The van der Waals surface area contributed by atoms with Gasteiger partial charge in [-0.1, -0.05) is 11.6 Å². The monoisotopic (exact) mass is 318 g/mol. The van der Waals surface area contributed by atoms with Crippen LogP contribution in [0.25, 0.3) is 0 Å². The van der Waals surface area contributed by atoms with E-state index >= 15 is 0 Å². The Hall–Kier alpha value is -1.32. The third-order valence-electron chi connectivity index (χ3n) is 3.69. The van der Waals surface area contributed by atoms with Gasteiger partial charge in [-0.05, 0) is 79.7 Å². The van der Waals surface area contributed by atoms with Gasteiger partial charge in [-0.25, -0.2) is 0 Å². The van der Waals surface area contributed by atoms with Crippen molar-refractivity contribution in [2.45, 2.75) is 24.2 Å². The minimum absolute atomic E-state index is 0.769. The highest BCUT2D eigenvalue weighted by Gasteiger charge is 2.10. The van der Waals surface area contributed by atoms with E-state index in [1.54, 1.807) is 11.9 Å². The largest absolute Gasteiger partial charge is 0.372 e. The first-order valence-electron chi connectivity index (χ1n) is 7.35. The van der Waals surface area contributed by atoms with E-state index in [0.717, 1.165) is 15.6 Å². The SMILES string of the molecule is Clc1ccc(SNc2ccc(N3CCCCC3)cc2)cc1. The van der Waals surface area contributed by atoms with Gasteiger partial charge in [0.15, 0.2) is 0 Å². The third kappa shape index (κ3) is 4.08. The summed E-state index contributed by atoms with van der Waals surface area (Å²) in [5.74, 6) is 0. The molecule has 0 unspecified atom stereocenters. The molecule has 0 saturated carbocycles. The third-order valence-corrected chi connectivity index (χ3v) is 4.79. The molecule has 3 rings (SSSR count). The van der Waals surface area contributed by atoms with Crippen LogP contribution in [0.4, 0.5) is 11.4 Å². The van der Waals surface area contributed by atoms with E-state index in [0.29, 0.717) is 0 Å². The molecule has 1 aliphatic heterocycles. The molecule has 2 aromatic rings. The first kappa shape index (κ1) is 14.6. The van der Waals surface area contributed by atoms with Crippen LogP contribution in [0.15, 0.2) is 53.4 Å². The van der Waals surface area contributed by atoms with Gasteiger partial charge in [0.05, 0.1) is 0 Å². The number of rotatable bonds is 4. The van der Waals surface area contributed by atoms with Crippen molar-refractivity contribution >= 4 is 34.9 Å². The first-order chi connectivity index (χ1) is 10.3. The molecule has 2 nitrogen and oxygen atoms in total. The van der Waals surface area contributed by atoms with Crippen molar-refractivity contribution in [3.63, 3.8) is 0 Å². The van der Waals surface area contributed by atoms with Gasteiger partial charge in [0.2, 0.25) is 0 Å².